The van der Waals surface area contributed by atoms with E-state index in [4.69, 9.17) is 11.6 Å². The van der Waals surface area contributed by atoms with Crippen LogP contribution in [0.3, 0.4) is 0 Å². The van der Waals surface area contributed by atoms with Crippen molar-refractivity contribution in [3.05, 3.63) is 34.4 Å². The number of nitrogens with one attached hydrogen (secondary N) is 1. The number of hydrogen-bond acceptors (Lipinski definition) is 4. The van der Waals surface area contributed by atoms with E-state index in [2.05, 4.69) is 20.2 Å². The Balaban J connectivity index is 1.91. The van der Waals surface area contributed by atoms with Crippen molar-refractivity contribution >= 4 is 35.2 Å². The van der Waals surface area contributed by atoms with Crippen LogP contribution < -0.4 is 5.32 Å². The molecule has 0 fully saturated rings. The van der Waals surface area contributed by atoms with Gasteiger partial charge in [0, 0.05) is 34.9 Å². The lowest BCUT2D eigenvalue weighted by Gasteiger charge is -2.22. The molecule has 1 aromatic rings. The molecule has 0 aliphatic carbocycles. The maximum Gasteiger partial charge on any atom is 0.134 e. The molecule has 0 unspecified atom stereocenters. The second-order valence-corrected chi connectivity index (χ2v) is 5.27. The Hall–Kier alpha value is -1.81. The van der Waals surface area contributed by atoms with Crippen LogP contribution in [-0.4, -0.2) is 36.7 Å². The standard InChI is InChI=1S/C14H13ClN4/c15-9-1-2-10-12(7-9)16-4-3-11-13(10)18-8-19-6-5-17-14(11)19/h1-2,7-8,16H,3-6H2. The Kier molecular flexibility index (Phi) is 2.38. The van der Waals surface area contributed by atoms with Crippen molar-refractivity contribution in [3.8, 4) is 0 Å². The fourth-order valence-electron chi connectivity index (χ4n) is 2.81. The highest BCUT2D eigenvalue weighted by Crippen LogP contribution is 2.36. The summed E-state index contributed by atoms with van der Waals surface area (Å²) in [6.45, 7) is 2.68. The van der Waals surface area contributed by atoms with Crippen molar-refractivity contribution in [1.29, 1.82) is 0 Å². The number of hydrogen-bond donors (Lipinski definition) is 1. The molecule has 3 aliphatic heterocycles. The molecular formula is C14H13ClN4. The molecule has 1 aromatic carbocycles. The van der Waals surface area contributed by atoms with E-state index in [9.17, 15) is 0 Å². The number of anilines is 1. The summed E-state index contributed by atoms with van der Waals surface area (Å²) in [7, 11) is 0. The van der Waals surface area contributed by atoms with Gasteiger partial charge in [0.05, 0.1) is 18.6 Å². The first kappa shape index (κ1) is 11.1. The monoisotopic (exact) mass is 272 g/mol. The minimum Gasteiger partial charge on any atom is -0.384 e. The van der Waals surface area contributed by atoms with Gasteiger partial charge in [-0.25, -0.2) is 4.99 Å². The maximum absolute atomic E-state index is 6.07. The van der Waals surface area contributed by atoms with Gasteiger partial charge in [0.2, 0.25) is 0 Å². The predicted molar refractivity (Wildman–Crippen MR) is 79.0 cm³/mol. The van der Waals surface area contributed by atoms with E-state index < -0.39 is 0 Å². The topological polar surface area (TPSA) is 40.0 Å². The highest BCUT2D eigenvalue weighted by molar-refractivity contribution is 6.31. The first-order chi connectivity index (χ1) is 9.33. The maximum atomic E-state index is 6.07. The zero-order valence-electron chi connectivity index (χ0n) is 10.4. The predicted octanol–water partition coefficient (Wildman–Crippen LogP) is 2.62. The number of rotatable bonds is 0. The average Bonchev–Trinajstić information content (AvgIpc) is 2.81. The smallest absolute Gasteiger partial charge is 0.134 e. The van der Waals surface area contributed by atoms with Crippen LogP contribution in [0.2, 0.25) is 5.02 Å². The van der Waals surface area contributed by atoms with Crippen LogP contribution in [0.25, 0.3) is 5.70 Å². The van der Waals surface area contributed by atoms with Gasteiger partial charge in [0.15, 0.2) is 0 Å². The number of aliphatic imine (C=N–C) groups is 2. The fourth-order valence-corrected chi connectivity index (χ4v) is 2.98. The van der Waals surface area contributed by atoms with Gasteiger partial charge in [-0.3, -0.25) is 4.99 Å². The van der Waals surface area contributed by atoms with Crippen LogP contribution in [0.15, 0.2) is 33.8 Å². The van der Waals surface area contributed by atoms with Crippen molar-refractivity contribution in [2.24, 2.45) is 9.98 Å². The number of nitrogens with zero attached hydrogens (tertiary/aromatic N) is 3. The van der Waals surface area contributed by atoms with Crippen LogP contribution in [0.1, 0.15) is 12.0 Å². The second kappa shape index (κ2) is 4.10. The quantitative estimate of drug-likeness (QED) is 0.789. The molecule has 0 bridgehead atoms. The van der Waals surface area contributed by atoms with Crippen molar-refractivity contribution in [3.63, 3.8) is 0 Å². The van der Waals surface area contributed by atoms with Crippen LogP contribution in [0.4, 0.5) is 5.69 Å². The first-order valence-corrected chi connectivity index (χ1v) is 6.83. The van der Waals surface area contributed by atoms with Crippen molar-refractivity contribution in [1.82, 2.24) is 4.90 Å². The third kappa shape index (κ3) is 1.67. The molecule has 0 amide bonds. The SMILES string of the molecule is Clc1ccc2c(c1)NCCC1=C2N=CN2CCN=C12. The van der Waals surface area contributed by atoms with Gasteiger partial charge < -0.3 is 10.2 Å². The number of halogens is 1. The van der Waals surface area contributed by atoms with E-state index in [1.807, 2.05) is 24.5 Å². The van der Waals surface area contributed by atoms with E-state index >= 15 is 0 Å². The number of fused-ring (bicyclic) bond motifs is 4. The van der Waals surface area contributed by atoms with Crippen molar-refractivity contribution < 1.29 is 0 Å². The molecule has 1 N–H and O–H groups in total. The van der Waals surface area contributed by atoms with E-state index in [-0.39, 0.29) is 0 Å². The molecule has 5 heteroatoms. The van der Waals surface area contributed by atoms with Gasteiger partial charge >= 0.3 is 0 Å². The highest BCUT2D eigenvalue weighted by atomic mass is 35.5. The van der Waals surface area contributed by atoms with Crippen LogP contribution >= 0.6 is 11.6 Å². The molecular weight excluding hydrogens is 260 g/mol. The minimum atomic E-state index is 0.745. The third-order valence-corrected chi connectivity index (χ3v) is 3.92. The summed E-state index contributed by atoms with van der Waals surface area (Å²) < 4.78 is 0. The zero-order valence-corrected chi connectivity index (χ0v) is 11.1. The average molecular weight is 273 g/mol. The second-order valence-electron chi connectivity index (χ2n) is 4.84. The van der Waals surface area contributed by atoms with E-state index in [1.54, 1.807) is 0 Å². The van der Waals surface area contributed by atoms with Gasteiger partial charge in [-0.15, -0.1) is 0 Å². The third-order valence-electron chi connectivity index (χ3n) is 3.68. The molecule has 4 rings (SSSR count). The van der Waals surface area contributed by atoms with Crippen LogP contribution in [0, 0.1) is 0 Å². The van der Waals surface area contributed by atoms with E-state index in [1.165, 1.54) is 5.57 Å². The van der Waals surface area contributed by atoms with Crippen molar-refractivity contribution in [2.45, 2.75) is 6.42 Å². The minimum absolute atomic E-state index is 0.745. The normalized spacial score (nSPS) is 20.3. The number of amidine groups is 1. The molecule has 19 heavy (non-hydrogen) atoms. The summed E-state index contributed by atoms with van der Waals surface area (Å²) in [4.78, 5) is 11.4. The largest absolute Gasteiger partial charge is 0.384 e. The van der Waals surface area contributed by atoms with Crippen LogP contribution in [-0.2, 0) is 0 Å². The Labute approximate surface area is 116 Å². The molecule has 0 aromatic heterocycles. The lowest BCUT2D eigenvalue weighted by atomic mass is 10.0. The molecule has 0 saturated carbocycles. The lowest BCUT2D eigenvalue weighted by molar-refractivity contribution is 0.677. The summed E-state index contributed by atoms with van der Waals surface area (Å²) in [5.74, 6) is 1.09. The molecule has 0 spiro atoms. The summed E-state index contributed by atoms with van der Waals surface area (Å²) in [6.07, 6.45) is 2.84. The summed E-state index contributed by atoms with van der Waals surface area (Å²) in [6, 6.07) is 5.91. The van der Waals surface area contributed by atoms with Gasteiger partial charge in [-0.1, -0.05) is 11.6 Å². The number of benzene rings is 1. The Morgan fingerprint density at radius 3 is 3.21 bits per heavy atom. The van der Waals surface area contributed by atoms with E-state index in [0.29, 0.717) is 0 Å². The molecule has 0 saturated heterocycles. The highest BCUT2D eigenvalue weighted by Gasteiger charge is 2.28. The fraction of sp³-hybridized carbons (Fsp3) is 0.286. The van der Waals surface area contributed by atoms with Gasteiger partial charge in [0.25, 0.3) is 0 Å². The zero-order chi connectivity index (χ0) is 12.8. The molecule has 3 aliphatic rings. The summed E-state index contributed by atoms with van der Waals surface area (Å²) in [5, 5.41) is 4.17. The molecule has 3 heterocycles. The van der Waals surface area contributed by atoms with Gasteiger partial charge in [0.1, 0.15) is 5.84 Å². The van der Waals surface area contributed by atoms with Crippen molar-refractivity contribution in [2.75, 3.05) is 25.0 Å². The Bertz CT molecular complexity index is 645. The van der Waals surface area contributed by atoms with E-state index in [0.717, 1.165) is 53.9 Å². The Morgan fingerprint density at radius 1 is 1.32 bits per heavy atom. The van der Waals surface area contributed by atoms with Crippen LogP contribution in [0.5, 0.6) is 0 Å². The summed E-state index contributed by atoms with van der Waals surface area (Å²) in [5.41, 5.74) is 4.45. The molecule has 0 atom stereocenters. The molecule has 4 nitrogen and oxygen atoms in total. The molecule has 0 radical (unpaired) electrons. The molecule has 96 valence electrons. The summed E-state index contributed by atoms with van der Waals surface area (Å²) >= 11 is 6.07. The Morgan fingerprint density at radius 2 is 2.26 bits per heavy atom. The van der Waals surface area contributed by atoms with Gasteiger partial charge in [-0.2, -0.15) is 0 Å². The first-order valence-electron chi connectivity index (χ1n) is 6.45. The lowest BCUT2D eigenvalue weighted by Crippen LogP contribution is -2.30. The van der Waals surface area contributed by atoms with Gasteiger partial charge in [-0.05, 0) is 24.6 Å².